The minimum absolute atomic E-state index is 0.0472. The fourth-order valence-electron chi connectivity index (χ4n) is 4.72. The van der Waals surface area contributed by atoms with E-state index in [-0.39, 0.29) is 23.8 Å². The Morgan fingerprint density at radius 3 is 2.05 bits per heavy atom. The number of methoxy groups -OCH3 is 1. The van der Waals surface area contributed by atoms with Gasteiger partial charge < -0.3 is 15.0 Å². The third-order valence-electron chi connectivity index (χ3n) is 6.92. The van der Waals surface area contributed by atoms with Gasteiger partial charge in [-0.2, -0.15) is 0 Å². The number of carbonyl (C=O) groups is 2. The Bertz CT molecular complexity index is 1590. The van der Waals surface area contributed by atoms with E-state index in [1.165, 1.54) is 31.2 Å². The molecule has 0 saturated carbocycles. The van der Waals surface area contributed by atoms with Crippen LogP contribution in [0.2, 0.25) is 0 Å². The minimum atomic E-state index is -4.15. The van der Waals surface area contributed by atoms with Crippen molar-refractivity contribution in [1.29, 1.82) is 0 Å². The maximum Gasteiger partial charge on any atom is 0.264 e. The Hall–Kier alpha value is -4.63. The lowest BCUT2D eigenvalue weighted by atomic mass is 10.0. The molecule has 0 saturated heterocycles. The van der Waals surface area contributed by atoms with Gasteiger partial charge in [-0.3, -0.25) is 13.9 Å². The second-order valence-corrected chi connectivity index (χ2v) is 11.7. The standard InChI is InChI=1S/C33H35N3O5S/c1-25-11-10-14-27(21-25)23-35(31(33(38)34-2)22-26-12-6-4-7-13-26)32(37)24-36(28-17-19-29(41-3)20-18-28)42(39,40)30-15-8-5-9-16-30/h4-21,31H,22-24H2,1-3H3,(H,34,38)/t31-/m0/s1. The van der Waals surface area contributed by atoms with Crippen LogP contribution in [0.15, 0.2) is 114 Å². The normalized spacial score (nSPS) is 11.8. The number of ether oxygens (including phenoxy) is 1. The number of sulfonamides is 1. The molecule has 0 bridgehead atoms. The van der Waals surface area contributed by atoms with Crippen molar-refractivity contribution in [2.45, 2.75) is 30.8 Å². The van der Waals surface area contributed by atoms with E-state index in [0.717, 1.165) is 21.0 Å². The molecule has 0 aliphatic heterocycles. The number of amides is 2. The van der Waals surface area contributed by atoms with Crippen molar-refractivity contribution in [3.05, 3.63) is 126 Å². The van der Waals surface area contributed by atoms with Crippen LogP contribution >= 0.6 is 0 Å². The number of carbonyl (C=O) groups excluding carboxylic acids is 2. The van der Waals surface area contributed by atoms with Crippen LogP contribution in [-0.2, 0) is 32.6 Å². The first kappa shape index (κ1) is 30.3. The van der Waals surface area contributed by atoms with Crippen molar-refractivity contribution in [2.24, 2.45) is 0 Å². The smallest absolute Gasteiger partial charge is 0.264 e. The summed E-state index contributed by atoms with van der Waals surface area (Å²) in [6.07, 6.45) is 0.256. The van der Waals surface area contributed by atoms with Crippen LogP contribution < -0.4 is 14.4 Å². The Balaban J connectivity index is 1.78. The van der Waals surface area contributed by atoms with E-state index in [2.05, 4.69) is 5.32 Å². The summed E-state index contributed by atoms with van der Waals surface area (Å²) in [5.74, 6) is -0.316. The molecule has 1 N–H and O–H groups in total. The highest BCUT2D eigenvalue weighted by Crippen LogP contribution is 2.27. The average molecular weight is 586 g/mol. The molecule has 0 aliphatic rings. The molecule has 0 spiro atoms. The summed E-state index contributed by atoms with van der Waals surface area (Å²) in [4.78, 5) is 29.1. The molecular weight excluding hydrogens is 550 g/mol. The number of likely N-dealkylation sites (N-methyl/N-ethyl adjacent to an activating group) is 1. The Kier molecular flexibility index (Phi) is 9.98. The molecule has 0 aromatic heterocycles. The molecular formula is C33H35N3O5S. The van der Waals surface area contributed by atoms with E-state index in [1.54, 1.807) is 42.5 Å². The molecule has 9 heteroatoms. The highest BCUT2D eigenvalue weighted by Gasteiger charge is 2.34. The van der Waals surface area contributed by atoms with Crippen LogP contribution in [0.5, 0.6) is 5.75 Å². The van der Waals surface area contributed by atoms with Crippen LogP contribution in [0.3, 0.4) is 0 Å². The third kappa shape index (κ3) is 7.36. The van der Waals surface area contributed by atoms with Gasteiger partial charge in [0.05, 0.1) is 17.7 Å². The quantitative estimate of drug-likeness (QED) is 0.263. The maximum atomic E-state index is 14.3. The first-order valence-electron chi connectivity index (χ1n) is 13.6. The van der Waals surface area contributed by atoms with E-state index in [4.69, 9.17) is 4.74 Å². The third-order valence-corrected chi connectivity index (χ3v) is 8.71. The fourth-order valence-corrected chi connectivity index (χ4v) is 6.16. The summed E-state index contributed by atoms with van der Waals surface area (Å²) in [5.41, 5.74) is 3.00. The van der Waals surface area contributed by atoms with Crippen molar-refractivity contribution in [1.82, 2.24) is 10.2 Å². The van der Waals surface area contributed by atoms with Crippen LogP contribution in [0.25, 0.3) is 0 Å². The SMILES string of the molecule is CNC(=O)[C@H](Cc1ccccc1)N(Cc1cccc(C)c1)C(=O)CN(c1ccc(OC)cc1)S(=O)(=O)c1ccccc1. The predicted octanol–water partition coefficient (Wildman–Crippen LogP) is 4.59. The molecule has 4 rings (SSSR count). The number of aryl methyl sites for hydroxylation is 1. The maximum absolute atomic E-state index is 14.3. The molecule has 1 atom stereocenters. The highest BCUT2D eigenvalue weighted by molar-refractivity contribution is 7.92. The monoisotopic (exact) mass is 585 g/mol. The van der Waals surface area contributed by atoms with Gasteiger partial charge in [-0.25, -0.2) is 8.42 Å². The number of hydrogen-bond acceptors (Lipinski definition) is 5. The first-order chi connectivity index (χ1) is 20.2. The van der Waals surface area contributed by atoms with Crippen molar-refractivity contribution in [2.75, 3.05) is 25.0 Å². The lowest BCUT2D eigenvalue weighted by molar-refractivity contribution is -0.139. The van der Waals surface area contributed by atoms with Gasteiger partial charge in [-0.15, -0.1) is 0 Å². The molecule has 8 nitrogen and oxygen atoms in total. The molecule has 0 radical (unpaired) electrons. The topological polar surface area (TPSA) is 96.0 Å². The predicted molar refractivity (Wildman–Crippen MR) is 164 cm³/mol. The van der Waals surface area contributed by atoms with Crippen molar-refractivity contribution < 1.29 is 22.7 Å². The summed E-state index contributed by atoms with van der Waals surface area (Å²) in [6, 6.07) is 30.7. The Morgan fingerprint density at radius 2 is 1.45 bits per heavy atom. The second-order valence-electron chi connectivity index (χ2n) is 9.85. The Labute approximate surface area is 247 Å². The molecule has 0 aliphatic carbocycles. The van der Waals surface area contributed by atoms with Crippen LogP contribution in [0.4, 0.5) is 5.69 Å². The fraction of sp³-hybridized carbons (Fsp3) is 0.212. The van der Waals surface area contributed by atoms with Gasteiger partial charge in [-0.05, 0) is 54.4 Å². The van der Waals surface area contributed by atoms with Crippen LogP contribution in [-0.4, -0.2) is 51.9 Å². The summed E-state index contributed by atoms with van der Waals surface area (Å²) >= 11 is 0. The largest absolute Gasteiger partial charge is 0.497 e. The lowest BCUT2D eigenvalue weighted by Gasteiger charge is -2.33. The van der Waals surface area contributed by atoms with Crippen molar-refractivity contribution >= 4 is 27.5 Å². The molecule has 42 heavy (non-hydrogen) atoms. The number of benzene rings is 4. The summed E-state index contributed by atoms with van der Waals surface area (Å²) in [5, 5.41) is 2.69. The number of nitrogens with one attached hydrogen (secondary N) is 1. The first-order valence-corrected chi connectivity index (χ1v) is 15.0. The molecule has 0 unspecified atom stereocenters. The summed E-state index contributed by atoms with van der Waals surface area (Å²) < 4.78 is 34.2. The zero-order chi connectivity index (χ0) is 30.1. The van der Waals surface area contributed by atoms with Gasteiger partial charge >= 0.3 is 0 Å². The zero-order valence-corrected chi connectivity index (χ0v) is 24.8. The highest BCUT2D eigenvalue weighted by atomic mass is 32.2. The van der Waals surface area contributed by atoms with Gasteiger partial charge in [0, 0.05) is 20.0 Å². The van der Waals surface area contributed by atoms with E-state index in [0.29, 0.717) is 11.4 Å². The minimum Gasteiger partial charge on any atom is -0.497 e. The molecule has 0 heterocycles. The van der Waals surface area contributed by atoms with Gasteiger partial charge in [0.15, 0.2) is 0 Å². The second kappa shape index (κ2) is 13.8. The molecule has 4 aromatic carbocycles. The number of rotatable bonds is 12. The van der Waals surface area contributed by atoms with Gasteiger partial charge in [0.25, 0.3) is 10.0 Å². The van der Waals surface area contributed by atoms with Crippen molar-refractivity contribution in [3.8, 4) is 5.75 Å². The molecule has 218 valence electrons. The van der Waals surface area contributed by atoms with Crippen LogP contribution in [0, 0.1) is 6.92 Å². The number of nitrogens with zero attached hydrogens (tertiary/aromatic N) is 2. The van der Waals surface area contributed by atoms with Gasteiger partial charge in [0.2, 0.25) is 11.8 Å². The summed E-state index contributed by atoms with van der Waals surface area (Å²) in [6.45, 7) is 1.55. The van der Waals surface area contributed by atoms with E-state index >= 15 is 0 Å². The molecule has 0 fully saturated rings. The molecule has 2 amide bonds. The van der Waals surface area contributed by atoms with Crippen molar-refractivity contribution in [3.63, 3.8) is 0 Å². The average Bonchev–Trinajstić information content (AvgIpc) is 3.02. The zero-order valence-electron chi connectivity index (χ0n) is 23.9. The number of anilines is 1. The van der Waals surface area contributed by atoms with E-state index in [1.807, 2.05) is 61.5 Å². The van der Waals surface area contributed by atoms with E-state index in [9.17, 15) is 18.0 Å². The number of hydrogen-bond donors (Lipinski definition) is 1. The Morgan fingerprint density at radius 1 is 0.833 bits per heavy atom. The van der Waals surface area contributed by atoms with Crippen LogP contribution in [0.1, 0.15) is 16.7 Å². The van der Waals surface area contributed by atoms with E-state index < -0.39 is 28.5 Å². The van der Waals surface area contributed by atoms with Gasteiger partial charge in [0.1, 0.15) is 18.3 Å². The van der Waals surface area contributed by atoms with Gasteiger partial charge in [-0.1, -0.05) is 78.4 Å². The summed E-state index contributed by atoms with van der Waals surface area (Å²) in [7, 11) is -1.10. The lowest BCUT2D eigenvalue weighted by Crippen LogP contribution is -2.53. The molecule has 4 aromatic rings.